The van der Waals surface area contributed by atoms with E-state index in [4.69, 9.17) is 61.6 Å². The van der Waals surface area contributed by atoms with E-state index in [0.717, 1.165) is 32.2 Å². The molecule has 0 bridgehead atoms. The van der Waals surface area contributed by atoms with Crippen LogP contribution < -0.4 is 5.32 Å². The van der Waals surface area contributed by atoms with Crippen molar-refractivity contribution in [3.05, 3.63) is 0 Å². The lowest BCUT2D eigenvalue weighted by Crippen LogP contribution is -2.17. The summed E-state index contributed by atoms with van der Waals surface area (Å²) in [6.45, 7) is 15.6. The van der Waals surface area contributed by atoms with Crippen LogP contribution in [-0.2, 0) is 66.4 Å². The van der Waals surface area contributed by atoms with E-state index in [0.29, 0.717) is 165 Å². The Kier molecular flexibility index (Phi) is 44.0. The molecule has 0 saturated heterocycles. The highest BCUT2D eigenvalue weighted by molar-refractivity contribution is 5.69. The number of hydrogen-bond donors (Lipinski definition) is 1. The van der Waals surface area contributed by atoms with Crippen molar-refractivity contribution in [3.8, 4) is 0 Å². The van der Waals surface area contributed by atoms with Gasteiger partial charge in [-0.3, -0.25) is 4.79 Å². The molecule has 0 aliphatic rings. The Morgan fingerprint density at radius 1 is 0.367 bits per heavy atom. The van der Waals surface area contributed by atoms with Gasteiger partial charge < -0.3 is 66.9 Å². The summed E-state index contributed by atoms with van der Waals surface area (Å²) in [5, 5.41) is 3.02. The minimum atomic E-state index is -0.153. The maximum atomic E-state index is 11.5. The summed E-state index contributed by atoms with van der Waals surface area (Å²) in [7, 11) is 1.89. The molecule has 0 rings (SSSR count). The predicted molar refractivity (Wildman–Crippen MR) is 183 cm³/mol. The second-order valence-corrected chi connectivity index (χ2v) is 10.5. The first-order valence-electron chi connectivity index (χ1n) is 18.0. The predicted octanol–water partition coefficient (Wildman–Crippen LogP) is 1.92. The fourth-order valence-corrected chi connectivity index (χ4v) is 3.68. The molecule has 0 amide bonds. The van der Waals surface area contributed by atoms with Gasteiger partial charge in [0, 0.05) is 13.0 Å². The van der Waals surface area contributed by atoms with Gasteiger partial charge >= 0.3 is 5.97 Å². The number of likely N-dealkylation sites (N-methyl/N-ethyl adjacent to an activating group) is 1. The van der Waals surface area contributed by atoms with Crippen molar-refractivity contribution in [2.75, 3.05) is 179 Å². The summed E-state index contributed by atoms with van der Waals surface area (Å²) >= 11 is 0. The Bertz CT molecular complexity index is 623. The number of esters is 1. The molecule has 0 aromatic heterocycles. The summed E-state index contributed by atoms with van der Waals surface area (Å²) in [4.78, 5) is 11.5. The van der Waals surface area contributed by atoms with E-state index in [1.54, 1.807) is 0 Å². The van der Waals surface area contributed by atoms with Gasteiger partial charge in [0.1, 0.15) is 6.61 Å². The molecule has 0 radical (unpaired) electrons. The minimum absolute atomic E-state index is 0.153. The highest BCUT2D eigenvalue weighted by Gasteiger charge is 2.02. The molecule has 0 unspecified atom stereocenters. The van der Waals surface area contributed by atoms with E-state index in [9.17, 15) is 4.79 Å². The van der Waals surface area contributed by atoms with Crippen LogP contribution in [0.2, 0.25) is 0 Å². The number of nitrogens with one attached hydrogen (secondary N) is 1. The number of carbonyl (C=O) groups excluding carboxylic acids is 1. The van der Waals surface area contributed by atoms with E-state index in [1.165, 1.54) is 0 Å². The number of ether oxygens (including phenoxy) is 13. The summed E-state index contributed by atoms with van der Waals surface area (Å²) in [6.07, 6.45) is 4.76. The number of unbranched alkanes of at least 4 members (excludes halogenated alkanes) is 3. The third-order valence-electron chi connectivity index (χ3n) is 6.31. The Morgan fingerprint density at radius 2 is 0.633 bits per heavy atom. The molecule has 0 fully saturated rings. The highest BCUT2D eigenvalue weighted by Crippen LogP contribution is 2.03. The third kappa shape index (κ3) is 44.9. The topological polar surface area (TPSA) is 149 Å². The molecule has 294 valence electrons. The lowest BCUT2D eigenvalue weighted by molar-refractivity contribution is -0.145. The smallest absolute Gasteiger partial charge is 0.305 e. The van der Waals surface area contributed by atoms with Crippen molar-refractivity contribution >= 4 is 5.97 Å². The molecule has 0 aromatic carbocycles. The van der Waals surface area contributed by atoms with Crippen molar-refractivity contribution in [1.82, 2.24) is 5.32 Å². The first kappa shape index (κ1) is 48.0. The number of hydrogen-bond acceptors (Lipinski definition) is 15. The van der Waals surface area contributed by atoms with Crippen molar-refractivity contribution in [2.24, 2.45) is 0 Å². The van der Waals surface area contributed by atoms with Gasteiger partial charge in [0.15, 0.2) is 0 Å². The molecular formula is C34H69NO14. The van der Waals surface area contributed by atoms with Gasteiger partial charge in [0.05, 0.1) is 159 Å². The summed E-state index contributed by atoms with van der Waals surface area (Å²) in [5.41, 5.74) is 0. The van der Waals surface area contributed by atoms with Gasteiger partial charge in [-0.15, -0.1) is 0 Å². The Hall–Kier alpha value is -1.05. The van der Waals surface area contributed by atoms with Crippen LogP contribution in [0.5, 0.6) is 0 Å². The van der Waals surface area contributed by atoms with Crippen LogP contribution >= 0.6 is 0 Å². The molecule has 0 aliphatic heterocycles. The van der Waals surface area contributed by atoms with Gasteiger partial charge in [0.25, 0.3) is 0 Å². The van der Waals surface area contributed by atoms with Crippen LogP contribution in [0.25, 0.3) is 0 Å². The average molecular weight is 716 g/mol. The molecule has 0 aromatic rings. The molecule has 15 heteroatoms. The van der Waals surface area contributed by atoms with E-state index >= 15 is 0 Å². The van der Waals surface area contributed by atoms with Crippen LogP contribution in [0, 0.1) is 0 Å². The maximum absolute atomic E-state index is 11.5. The summed E-state index contributed by atoms with van der Waals surface area (Å²) < 4.78 is 70.5. The second kappa shape index (κ2) is 45.0. The molecular weight excluding hydrogens is 646 g/mol. The Morgan fingerprint density at radius 3 is 0.898 bits per heavy atom. The fraction of sp³-hybridized carbons (Fsp3) is 0.971. The number of rotatable bonds is 44. The Balaban J connectivity index is 3.08. The first-order valence-corrected chi connectivity index (χ1v) is 18.0. The molecule has 1 N–H and O–H groups in total. The summed E-state index contributed by atoms with van der Waals surface area (Å²) in [5.74, 6) is -0.153. The molecule has 0 atom stereocenters. The van der Waals surface area contributed by atoms with Gasteiger partial charge in [-0.25, -0.2) is 0 Å². The van der Waals surface area contributed by atoms with Crippen LogP contribution in [-0.4, -0.2) is 185 Å². The fourth-order valence-electron chi connectivity index (χ4n) is 3.68. The van der Waals surface area contributed by atoms with Gasteiger partial charge in [-0.2, -0.15) is 0 Å². The van der Waals surface area contributed by atoms with Crippen LogP contribution in [0.1, 0.15) is 39.0 Å². The van der Waals surface area contributed by atoms with E-state index in [-0.39, 0.29) is 12.6 Å². The molecule has 49 heavy (non-hydrogen) atoms. The van der Waals surface area contributed by atoms with Gasteiger partial charge in [-0.1, -0.05) is 26.2 Å². The largest absolute Gasteiger partial charge is 0.463 e. The molecule has 0 heterocycles. The lowest BCUT2D eigenvalue weighted by Gasteiger charge is -2.09. The van der Waals surface area contributed by atoms with Crippen LogP contribution in [0.3, 0.4) is 0 Å². The lowest BCUT2D eigenvalue weighted by atomic mass is 10.2. The monoisotopic (exact) mass is 715 g/mol. The van der Waals surface area contributed by atoms with Crippen molar-refractivity contribution in [1.29, 1.82) is 0 Å². The zero-order chi connectivity index (χ0) is 35.4. The normalized spacial score (nSPS) is 11.5. The third-order valence-corrected chi connectivity index (χ3v) is 6.31. The van der Waals surface area contributed by atoms with Gasteiger partial charge in [-0.05, 0) is 13.5 Å². The quantitative estimate of drug-likeness (QED) is 0.0723. The average Bonchev–Trinajstić information content (AvgIpc) is 3.11. The van der Waals surface area contributed by atoms with E-state index < -0.39 is 0 Å². The van der Waals surface area contributed by atoms with Crippen molar-refractivity contribution in [3.63, 3.8) is 0 Å². The first-order chi connectivity index (χ1) is 24.3. The second-order valence-electron chi connectivity index (χ2n) is 10.5. The van der Waals surface area contributed by atoms with E-state index in [2.05, 4.69) is 12.2 Å². The standard InChI is InChI=1S/C34H69NO14/c1-3-4-5-6-7-34(36)49-33-32-48-31-30-47-29-28-46-27-26-45-25-24-44-23-22-43-21-20-42-19-18-41-17-16-40-15-14-39-13-12-38-11-10-37-9-8-35-2/h35H,3-33H2,1-2H3. The highest BCUT2D eigenvalue weighted by atomic mass is 16.6. The zero-order valence-electron chi connectivity index (χ0n) is 30.6. The zero-order valence-corrected chi connectivity index (χ0v) is 30.6. The molecule has 15 nitrogen and oxygen atoms in total. The molecule has 0 saturated carbocycles. The molecule has 0 aliphatic carbocycles. The molecule has 0 spiro atoms. The maximum Gasteiger partial charge on any atom is 0.305 e. The SMILES string of the molecule is CCCCCCC(=O)OCCOCCOCCOCCOCCOCCOCCOCCOCCOCCOCCOCCOCCNC. The van der Waals surface area contributed by atoms with Gasteiger partial charge in [0.2, 0.25) is 0 Å². The number of carbonyl (C=O) groups is 1. The van der Waals surface area contributed by atoms with Crippen molar-refractivity contribution in [2.45, 2.75) is 39.0 Å². The minimum Gasteiger partial charge on any atom is -0.463 e. The van der Waals surface area contributed by atoms with Crippen LogP contribution in [0.15, 0.2) is 0 Å². The van der Waals surface area contributed by atoms with Crippen LogP contribution in [0.4, 0.5) is 0 Å². The van der Waals surface area contributed by atoms with E-state index in [1.807, 2.05) is 7.05 Å². The summed E-state index contributed by atoms with van der Waals surface area (Å²) in [6, 6.07) is 0. The van der Waals surface area contributed by atoms with Crippen molar-refractivity contribution < 1.29 is 66.4 Å². The Labute approximate surface area is 295 Å².